The predicted octanol–water partition coefficient (Wildman–Crippen LogP) is 8.30. The number of fused-ring (bicyclic) bond motifs is 1. The fraction of sp³-hybridized carbons (Fsp3) is 0.552. The van der Waals surface area contributed by atoms with Gasteiger partial charge in [-0.2, -0.15) is 0 Å². The monoisotopic (exact) mass is 420 g/mol. The lowest BCUT2D eigenvalue weighted by Crippen LogP contribution is -2.14. The van der Waals surface area contributed by atoms with Crippen LogP contribution in [0, 0.1) is 5.92 Å². The van der Waals surface area contributed by atoms with E-state index in [-0.39, 0.29) is 5.97 Å². The van der Waals surface area contributed by atoms with Gasteiger partial charge in [-0.1, -0.05) is 95.5 Å². The van der Waals surface area contributed by atoms with Crippen LogP contribution in [0.15, 0.2) is 42.5 Å². The van der Waals surface area contributed by atoms with E-state index < -0.39 is 0 Å². The average Bonchev–Trinajstić information content (AvgIpc) is 2.80. The smallest absolute Gasteiger partial charge is 0.311 e. The molecule has 1 unspecified atom stereocenters. The van der Waals surface area contributed by atoms with Crippen molar-refractivity contribution in [2.75, 3.05) is 0 Å². The Morgan fingerprint density at radius 3 is 2.32 bits per heavy atom. The quantitative estimate of drug-likeness (QED) is 0.196. The van der Waals surface area contributed by atoms with Gasteiger partial charge >= 0.3 is 5.97 Å². The van der Waals surface area contributed by atoms with Crippen LogP contribution in [0.5, 0.6) is 5.75 Å². The third-order valence-electron chi connectivity index (χ3n) is 6.66. The Balaban J connectivity index is 1.51. The summed E-state index contributed by atoms with van der Waals surface area (Å²) in [5.41, 5.74) is 5.52. The van der Waals surface area contributed by atoms with Gasteiger partial charge in [-0.15, -0.1) is 0 Å². The molecule has 2 heteroatoms. The van der Waals surface area contributed by atoms with E-state index in [0.29, 0.717) is 12.2 Å². The number of aryl methyl sites for hydroxylation is 1. The summed E-state index contributed by atoms with van der Waals surface area (Å²) >= 11 is 0. The molecule has 0 saturated heterocycles. The molecule has 0 N–H and O–H groups in total. The molecule has 168 valence electrons. The lowest BCUT2D eigenvalue weighted by molar-refractivity contribution is -0.134. The van der Waals surface area contributed by atoms with Crippen molar-refractivity contribution in [1.29, 1.82) is 0 Å². The highest BCUT2D eigenvalue weighted by Crippen LogP contribution is 2.32. The van der Waals surface area contributed by atoms with Crippen LogP contribution in [-0.4, -0.2) is 5.97 Å². The molecule has 3 rings (SSSR count). The van der Waals surface area contributed by atoms with E-state index in [1.165, 1.54) is 80.9 Å². The van der Waals surface area contributed by atoms with Crippen LogP contribution in [0.1, 0.15) is 95.6 Å². The molecule has 1 aliphatic rings. The second-order valence-electron chi connectivity index (χ2n) is 9.25. The molecular formula is C29H40O2. The van der Waals surface area contributed by atoms with Crippen molar-refractivity contribution in [2.45, 2.75) is 97.3 Å². The molecule has 1 aliphatic carbocycles. The highest BCUT2D eigenvalue weighted by molar-refractivity contribution is 5.73. The van der Waals surface area contributed by atoms with E-state index >= 15 is 0 Å². The van der Waals surface area contributed by atoms with Crippen molar-refractivity contribution >= 4 is 5.97 Å². The maximum Gasteiger partial charge on any atom is 0.311 e. The zero-order chi connectivity index (χ0) is 21.9. The van der Waals surface area contributed by atoms with Crippen LogP contribution < -0.4 is 4.74 Å². The fourth-order valence-corrected chi connectivity index (χ4v) is 4.69. The molecule has 0 aliphatic heterocycles. The first-order valence-electron chi connectivity index (χ1n) is 12.6. The van der Waals surface area contributed by atoms with Crippen molar-refractivity contribution in [3.05, 3.63) is 53.6 Å². The molecule has 2 aromatic rings. The Labute approximate surface area is 189 Å². The minimum Gasteiger partial charge on any atom is -0.427 e. The molecule has 0 fully saturated rings. The van der Waals surface area contributed by atoms with E-state index in [4.69, 9.17) is 4.74 Å². The van der Waals surface area contributed by atoms with Crippen molar-refractivity contribution in [3.63, 3.8) is 0 Å². The van der Waals surface area contributed by atoms with Crippen molar-refractivity contribution < 1.29 is 9.53 Å². The van der Waals surface area contributed by atoms with Crippen molar-refractivity contribution in [2.24, 2.45) is 5.92 Å². The summed E-state index contributed by atoms with van der Waals surface area (Å²) in [5.74, 6) is 1.37. The minimum atomic E-state index is -0.140. The maximum atomic E-state index is 11.8. The maximum absolute atomic E-state index is 11.8. The van der Waals surface area contributed by atoms with Crippen molar-refractivity contribution in [3.8, 4) is 16.9 Å². The molecule has 31 heavy (non-hydrogen) atoms. The zero-order valence-corrected chi connectivity index (χ0v) is 19.6. The van der Waals surface area contributed by atoms with Crippen LogP contribution in [0.2, 0.25) is 0 Å². The molecule has 2 aromatic carbocycles. The largest absolute Gasteiger partial charge is 0.427 e. The molecule has 2 nitrogen and oxygen atoms in total. The second kappa shape index (κ2) is 12.7. The van der Waals surface area contributed by atoms with E-state index in [9.17, 15) is 4.79 Å². The molecule has 0 radical (unpaired) electrons. The highest BCUT2D eigenvalue weighted by atomic mass is 16.5. The molecule has 0 spiro atoms. The Hall–Kier alpha value is -2.09. The minimum absolute atomic E-state index is 0.140. The number of esters is 1. The van der Waals surface area contributed by atoms with Gasteiger partial charge in [0.25, 0.3) is 0 Å². The van der Waals surface area contributed by atoms with Crippen molar-refractivity contribution in [1.82, 2.24) is 0 Å². The number of carbonyl (C=O) groups is 1. The summed E-state index contributed by atoms with van der Waals surface area (Å²) in [4.78, 5) is 11.8. The summed E-state index contributed by atoms with van der Waals surface area (Å²) in [6.07, 6.45) is 15.9. The van der Waals surface area contributed by atoms with E-state index in [0.717, 1.165) is 18.8 Å². The highest BCUT2D eigenvalue weighted by Gasteiger charge is 2.19. The van der Waals surface area contributed by atoms with Gasteiger partial charge in [-0.05, 0) is 66.0 Å². The number of ether oxygens (including phenoxy) is 1. The summed E-state index contributed by atoms with van der Waals surface area (Å²) in [6.45, 7) is 4.36. The summed E-state index contributed by atoms with van der Waals surface area (Å²) in [6, 6.07) is 14.9. The Kier molecular flexibility index (Phi) is 9.65. The van der Waals surface area contributed by atoms with Gasteiger partial charge in [0.1, 0.15) is 5.75 Å². The third kappa shape index (κ3) is 7.52. The molecule has 0 amide bonds. The van der Waals surface area contributed by atoms with Gasteiger partial charge in [-0.3, -0.25) is 4.79 Å². The number of hydrogen-bond donors (Lipinski definition) is 0. The first-order chi connectivity index (χ1) is 15.2. The lowest BCUT2D eigenvalue weighted by Gasteiger charge is -2.25. The predicted molar refractivity (Wildman–Crippen MR) is 131 cm³/mol. The van der Waals surface area contributed by atoms with Gasteiger partial charge < -0.3 is 4.74 Å². The molecule has 0 heterocycles. The van der Waals surface area contributed by atoms with Crippen LogP contribution >= 0.6 is 0 Å². The summed E-state index contributed by atoms with van der Waals surface area (Å²) in [5, 5.41) is 0. The fourth-order valence-electron chi connectivity index (χ4n) is 4.69. The third-order valence-corrected chi connectivity index (χ3v) is 6.66. The van der Waals surface area contributed by atoms with Gasteiger partial charge in [0.15, 0.2) is 0 Å². The van der Waals surface area contributed by atoms with Gasteiger partial charge in [0.05, 0.1) is 0 Å². The standard InChI is InChI=1S/C29H40O2/c1-3-5-7-8-9-10-11-23-13-14-27-22-26(16-15-25(27)21-23)24-17-19-28(20-18-24)31-29(30)12-6-4-2/h15-20,22-23H,3-14,21H2,1-2H3. The number of carbonyl (C=O) groups excluding carboxylic acids is 1. The first kappa shape index (κ1) is 23.6. The molecule has 0 saturated carbocycles. The van der Waals surface area contributed by atoms with Gasteiger partial charge in [0, 0.05) is 6.42 Å². The van der Waals surface area contributed by atoms with Crippen LogP contribution in [0.3, 0.4) is 0 Å². The molecular weight excluding hydrogens is 380 g/mol. The zero-order valence-electron chi connectivity index (χ0n) is 19.6. The average molecular weight is 421 g/mol. The van der Waals surface area contributed by atoms with E-state index in [2.05, 4.69) is 44.2 Å². The first-order valence-corrected chi connectivity index (χ1v) is 12.6. The van der Waals surface area contributed by atoms with E-state index in [1.54, 1.807) is 5.56 Å². The summed E-state index contributed by atoms with van der Waals surface area (Å²) in [7, 11) is 0. The SMILES string of the molecule is CCCCCCCCC1CCc2cc(-c3ccc(OC(=O)CCCC)cc3)ccc2C1. The topological polar surface area (TPSA) is 26.3 Å². The number of rotatable bonds is 12. The summed E-state index contributed by atoms with van der Waals surface area (Å²) < 4.78 is 5.43. The normalized spacial score (nSPS) is 15.5. The van der Waals surface area contributed by atoms with Gasteiger partial charge in [-0.25, -0.2) is 0 Å². The van der Waals surface area contributed by atoms with Crippen LogP contribution in [-0.2, 0) is 17.6 Å². The molecule has 0 aromatic heterocycles. The Morgan fingerprint density at radius 2 is 1.55 bits per heavy atom. The van der Waals surface area contributed by atoms with Crippen LogP contribution in [0.25, 0.3) is 11.1 Å². The molecule has 1 atom stereocenters. The number of unbranched alkanes of at least 4 members (excludes halogenated alkanes) is 6. The lowest BCUT2D eigenvalue weighted by atomic mass is 9.80. The van der Waals surface area contributed by atoms with Crippen LogP contribution in [0.4, 0.5) is 0 Å². The Bertz CT molecular complexity index is 806. The number of benzene rings is 2. The Morgan fingerprint density at radius 1 is 0.839 bits per heavy atom. The van der Waals surface area contributed by atoms with E-state index in [1.807, 2.05) is 12.1 Å². The number of hydrogen-bond acceptors (Lipinski definition) is 2. The van der Waals surface area contributed by atoms with Gasteiger partial charge in [0.2, 0.25) is 0 Å². The molecule has 0 bridgehead atoms. The second-order valence-corrected chi connectivity index (χ2v) is 9.25.